The molecule has 1 N–H and O–H groups in total. The fourth-order valence-electron chi connectivity index (χ4n) is 4.95. The van der Waals surface area contributed by atoms with E-state index < -0.39 is 10.8 Å². The van der Waals surface area contributed by atoms with E-state index in [4.69, 9.17) is 0 Å². The number of Topliss-reactive ketones (excluding diaryl/α,β-unsaturated/α-hetero) is 1. The molecule has 0 radical (unpaired) electrons. The van der Waals surface area contributed by atoms with Crippen LogP contribution < -0.4 is 5.32 Å². The maximum absolute atomic E-state index is 13.3. The van der Waals surface area contributed by atoms with Gasteiger partial charge in [0.15, 0.2) is 0 Å². The number of aryl methyl sites for hydroxylation is 1. The number of para-hydroxylation sites is 1. The molecule has 1 aromatic heterocycles. The van der Waals surface area contributed by atoms with Crippen molar-refractivity contribution in [3.8, 4) is 0 Å². The quantitative estimate of drug-likeness (QED) is 0.891. The summed E-state index contributed by atoms with van der Waals surface area (Å²) < 4.78 is 0. The van der Waals surface area contributed by atoms with Crippen LogP contribution in [-0.4, -0.2) is 16.7 Å². The second-order valence-corrected chi connectivity index (χ2v) is 8.42. The maximum atomic E-state index is 13.3. The van der Waals surface area contributed by atoms with E-state index in [0.717, 1.165) is 35.1 Å². The number of ketones is 1. The molecule has 2 atom stereocenters. The van der Waals surface area contributed by atoms with Gasteiger partial charge in [-0.25, -0.2) is 0 Å². The van der Waals surface area contributed by atoms with Crippen molar-refractivity contribution in [2.24, 2.45) is 16.2 Å². The van der Waals surface area contributed by atoms with Gasteiger partial charge >= 0.3 is 0 Å². The highest BCUT2D eigenvalue weighted by Crippen LogP contribution is 2.70. The van der Waals surface area contributed by atoms with Crippen molar-refractivity contribution in [1.82, 2.24) is 4.98 Å². The molecule has 0 unspecified atom stereocenters. The molecular formula is C21H24N2O2. The Labute approximate surface area is 148 Å². The lowest BCUT2D eigenvalue weighted by Crippen LogP contribution is -2.43. The number of nitrogens with zero attached hydrogens (tertiary/aromatic N) is 1. The van der Waals surface area contributed by atoms with E-state index in [1.54, 1.807) is 0 Å². The lowest BCUT2D eigenvalue weighted by Gasteiger charge is -2.38. The van der Waals surface area contributed by atoms with Crippen LogP contribution in [0.4, 0.5) is 5.69 Å². The Kier molecular flexibility index (Phi) is 3.19. The minimum absolute atomic E-state index is 0.0390. The Morgan fingerprint density at radius 3 is 2.52 bits per heavy atom. The molecule has 0 spiro atoms. The molecule has 4 heteroatoms. The van der Waals surface area contributed by atoms with Gasteiger partial charge in [-0.2, -0.15) is 0 Å². The van der Waals surface area contributed by atoms with Crippen molar-refractivity contribution in [3.05, 3.63) is 36.0 Å². The summed E-state index contributed by atoms with van der Waals surface area (Å²) in [6.07, 6.45) is 1.91. The number of rotatable bonds is 2. The van der Waals surface area contributed by atoms with E-state index in [9.17, 15) is 9.59 Å². The molecule has 2 aromatic rings. The number of aromatic nitrogens is 1. The average Bonchev–Trinajstić information content (AvgIpc) is 2.86. The smallest absolute Gasteiger partial charge is 0.231 e. The highest BCUT2D eigenvalue weighted by Gasteiger charge is 2.72. The molecule has 130 valence electrons. The zero-order valence-electron chi connectivity index (χ0n) is 15.3. The fraction of sp³-hybridized carbons (Fsp3) is 0.476. The largest absolute Gasteiger partial charge is 0.324 e. The molecule has 2 aliphatic rings. The number of hydrogen-bond donors (Lipinski definition) is 1. The first-order valence-corrected chi connectivity index (χ1v) is 8.92. The summed E-state index contributed by atoms with van der Waals surface area (Å²) in [5.41, 5.74) is 1.09. The van der Waals surface area contributed by atoms with Crippen LogP contribution in [0, 0.1) is 23.2 Å². The van der Waals surface area contributed by atoms with Gasteiger partial charge in [0.2, 0.25) is 5.91 Å². The number of anilines is 1. The number of amides is 1. The molecule has 4 rings (SSSR count). The fourth-order valence-corrected chi connectivity index (χ4v) is 4.95. The SMILES string of the molecule is Cc1ccc2cccc(NC(=O)[C@]34CC[C@@](C)(C(=O)C3)C4(C)C)c2n1. The summed E-state index contributed by atoms with van der Waals surface area (Å²) in [6.45, 7) is 8.13. The van der Waals surface area contributed by atoms with Crippen molar-refractivity contribution >= 4 is 28.3 Å². The molecule has 0 saturated heterocycles. The summed E-state index contributed by atoms with van der Waals surface area (Å²) in [7, 11) is 0. The predicted molar refractivity (Wildman–Crippen MR) is 98.3 cm³/mol. The van der Waals surface area contributed by atoms with Crippen molar-refractivity contribution in [2.45, 2.75) is 47.0 Å². The van der Waals surface area contributed by atoms with Gasteiger partial charge in [0, 0.05) is 22.9 Å². The van der Waals surface area contributed by atoms with E-state index in [1.807, 2.05) is 44.2 Å². The highest BCUT2D eigenvalue weighted by molar-refractivity contribution is 6.07. The van der Waals surface area contributed by atoms with Crippen LogP contribution in [0.1, 0.15) is 45.7 Å². The van der Waals surface area contributed by atoms with Crippen LogP contribution in [0.2, 0.25) is 0 Å². The highest BCUT2D eigenvalue weighted by atomic mass is 16.2. The molecule has 25 heavy (non-hydrogen) atoms. The van der Waals surface area contributed by atoms with Gasteiger partial charge in [-0.1, -0.05) is 39.0 Å². The van der Waals surface area contributed by atoms with E-state index in [0.29, 0.717) is 6.42 Å². The standard InChI is InChI=1S/C21H24N2O2/c1-13-8-9-14-6-5-7-15(17(14)22-13)23-18(25)21-11-10-20(4,16(24)12-21)19(21,2)3/h5-9H,10-12H2,1-4H3,(H,23,25)/t20-,21-/m0/s1. The van der Waals surface area contributed by atoms with Crippen LogP contribution in [0.15, 0.2) is 30.3 Å². The number of pyridine rings is 1. The Hall–Kier alpha value is -2.23. The maximum Gasteiger partial charge on any atom is 0.231 e. The van der Waals surface area contributed by atoms with Gasteiger partial charge in [-0.3, -0.25) is 14.6 Å². The lowest BCUT2D eigenvalue weighted by atomic mass is 9.64. The third-order valence-corrected chi connectivity index (χ3v) is 7.25. The van der Waals surface area contributed by atoms with Crippen LogP contribution in [0.5, 0.6) is 0 Å². The minimum Gasteiger partial charge on any atom is -0.324 e. The molecule has 2 fully saturated rings. The van der Waals surface area contributed by atoms with Gasteiger partial charge in [0.1, 0.15) is 5.78 Å². The molecular weight excluding hydrogens is 312 g/mol. The van der Waals surface area contributed by atoms with Crippen molar-refractivity contribution < 1.29 is 9.59 Å². The van der Waals surface area contributed by atoms with E-state index in [2.05, 4.69) is 24.1 Å². The summed E-state index contributed by atoms with van der Waals surface area (Å²) in [4.78, 5) is 30.5. The molecule has 1 amide bonds. The minimum atomic E-state index is -0.620. The van der Waals surface area contributed by atoms with Crippen LogP contribution in [-0.2, 0) is 9.59 Å². The second-order valence-electron chi connectivity index (χ2n) is 8.42. The number of benzene rings is 1. The van der Waals surface area contributed by atoms with Crippen molar-refractivity contribution in [2.75, 3.05) is 5.32 Å². The molecule has 2 bridgehead atoms. The number of carbonyl (C=O) groups is 2. The Morgan fingerprint density at radius 1 is 1.12 bits per heavy atom. The van der Waals surface area contributed by atoms with Crippen LogP contribution in [0.3, 0.4) is 0 Å². The third kappa shape index (κ3) is 1.91. The normalized spacial score (nSPS) is 30.0. The van der Waals surface area contributed by atoms with Gasteiger partial charge < -0.3 is 5.32 Å². The Balaban J connectivity index is 1.75. The number of carbonyl (C=O) groups excluding carboxylic acids is 2. The van der Waals surface area contributed by atoms with Crippen LogP contribution in [0.25, 0.3) is 10.9 Å². The number of fused-ring (bicyclic) bond motifs is 3. The zero-order chi connectivity index (χ0) is 18.0. The van der Waals surface area contributed by atoms with Crippen LogP contribution >= 0.6 is 0 Å². The lowest BCUT2D eigenvalue weighted by molar-refractivity contribution is -0.131. The zero-order valence-corrected chi connectivity index (χ0v) is 15.3. The number of hydrogen-bond acceptors (Lipinski definition) is 3. The van der Waals surface area contributed by atoms with E-state index >= 15 is 0 Å². The Morgan fingerprint density at radius 2 is 1.88 bits per heavy atom. The molecule has 2 aliphatic carbocycles. The van der Waals surface area contributed by atoms with Gasteiger partial charge in [-0.15, -0.1) is 0 Å². The first-order chi connectivity index (χ1) is 11.7. The van der Waals surface area contributed by atoms with Crippen molar-refractivity contribution in [1.29, 1.82) is 0 Å². The molecule has 1 heterocycles. The van der Waals surface area contributed by atoms with E-state index in [1.165, 1.54) is 0 Å². The summed E-state index contributed by atoms with van der Waals surface area (Å²) in [6, 6.07) is 9.79. The topological polar surface area (TPSA) is 59.1 Å². The second kappa shape index (κ2) is 4.90. The monoisotopic (exact) mass is 336 g/mol. The van der Waals surface area contributed by atoms with Crippen molar-refractivity contribution in [3.63, 3.8) is 0 Å². The summed E-state index contributed by atoms with van der Waals surface area (Å²) >= 11 is 0. The molecule has 2 saturated carbocycles. The molecule has 1 aromatic carbocycles. The van der Waals surface area contributed by atoms with E-state index in [-0.39, 0.29) is 17.1 Å². The molecule has 0 aliphatic heterocycles. The summed E-state index contributed by atoms with van der Waals surface area (Å²) in [5, 5.41) is 4.11. The van der Waals surface area contributed by atoms with Gasteiger partial charge in [0.05, 0.1) is 16.6 Å². The first kappa shape index (κ1) is 16.2. The summed E-state index contributed by atoms with van der Waals surface area (Å²) in [5.74, 6) is 0.189. The number of nitrogens with one attached hydrogen (secondary N) is 1. The average molecular weight is 336 g/mol. The third-order valence-electron chi connectivity index (χ3n) is 7.25. The Bertz CT molecular complexity index is 917. The first-order valence-electron chi connectivity index (χ1n) is 8.92. The van der Waals surface area contributed by atoms with Gasteiger partial charge in [0.25, 0.3) is 0 Å². The predicted octanol–water partition coefficient (Wildman–Crippen LogP) is 4.27. The molecule has 4 nitrogen and oxygen atoms in total. The van der Waals surface area contributed by atoms with Gasteiger partial charge in [-0.05, 0) is 37.3 Å².